The third-order valence-corrected chi connectivity index (χ3v) is 1.62. The van der Waals surface area contributed by atoms with Crippen LogP contribution in [-0.4, -0.2) is 18.6 Å². The number of nitrogens with two attached hydrogens (primary N) is 1. The number of rotatable bonds is 3. The number of alkyl halides is 2. The van der Waals surface area contributed by atoms with E-state index in [1.165, 1.54) is 19.2 Å². The number of halogens is 2. The summed E-state index contributed by atoms with van der Waals surface area (Å²) in [6.45, 7) is -0.721. The monoisotopic (exact) mass is 188 g/mol. The van der Waals surface area contributed by atoms with Crippen LogP contribution >= 0.6 is 0 Å². The molecular weight excluding hydrogens is 178 g/mol. The lowest BCUT2D eigenvalue weighted by Crippen LogP contribution is -2.25. The summed E-state index contributed by atoms with van der Waals surface area (Å²) in [5, 5.41) is 0. The standard InChI is InChI=1S/C8H10F2N2O/c1-13-7-3-2-6(4-12-7)8(9,10)5-11/h2-4H,5,11H2,1H3. The van der Waals surface area contributed by atoms with Gasteiger partial charge in [-0.1, -0.05) is 0 Å². The minimum Gasteiger partial charge on any atom is -0.481 e. The van der Waals surface area contributed by atoms with E-state index in [4.69, 9.17) is 10.5 Å². The fourth-order valence-electron chi connectivity index (χ4n) is 0.835. The Labute approximate surface area is 74.5 Å². The predicted molar refractivity (Wildman–Crippen MR) is 43.7 cm³/mol. The second-order valence-electron chi connectivity index (χ2n) is 2.50. The highest BCUT2D eigenvalue weighted by Crippen LogP contribution is 2.26. The molecule has 3 nitrogen and oxygen atoms in total. The topological polar surface area (TPSA) is 48.1 Å². The molecule has 0 unspecified atom stereocenters. The van der Waals surface area contributed by atoms with Gasteiger partial charge in [-0.3, -0.25) is 0 Å². The molecule has 5 heteroatoms. The number of aromatic nitrogens is 1. The van der Waals surface area contributed by atoms with Gasteiger partial charge in [0.15, 0.2) is 0 Å². The molecule has 1 rings (SSSR count). The minimum absolute atomic E-state index is 0.198. The van der Waals surface area contributed by atoms with Gasteiger partial charge in [0.25, 0.3) is 5.92 Å². The van der Waals surface area contributed by atoms with Crippen LogP contribution in [0.15, 0.2) is 18.3 Å². The fraction of sp³-hybridized carbons (Fsp3) is 0.375. The van der Waals surface area contributed by atoms with Gasteiger partial charge in [0, 0.05) is 17.8 Å². The summed E-state index contributed by atoms with van der Waals surface area (Å²) < 4.78 is 30.6. The van der Waals surface area contributed by atoms with Gasteiger partial charge < -0.3 is 10.5 Å². The fourth-order valence-corrected chi connectivity index (χ4v) is 0.835. The Hall–Kier alpha value is -1.23. The van der Waals surface area contributed by atoms with Crippen LogP contribution in [-0.2, 0) is 5.92 Å². The van der Waals surface area contributed by atoms with E-state index in [2.05, 4.69) is 4.98 Å². The van der Waals surface area contributed by atoms with Gasteiger partial charge in [0.05, 0.1) is 13.7 Å². The lowest BCUT2D eigenvalue weighted by molar-refractivity contribution is 0.00554. The van der Waals surface area contributed by atoms with Crippen molar-refractivity contribution < 1.29 is 13.5 Å². The van der Waals surface area contributed by atoms with Crippen molar-refractivity contribution in [2.45, 2.75) is 5.92 Å². The van der Waals surface area contributed by atoms with Crippen LogP contribution in [0.4, 0.5) is 8.78 Å². The second-order valence-corrected chi connectivity index (χ2v) is 2.50. The lowest BCUT2D eigenvalue weighted by atomic mass is 10.1. The van der Waals surface area contributed by atoms with Crippen molar-refractivity contribution in [3.63, 3.8) is 0 Å². The van der Waals surface area contributed by atoms with Gasteiger partial charge in [0.2, 0.25) is 5.88 Å². The maximum absolute atomic E-state index is 12.9. The molecule has 1 aromatic heterocycles. The normalized spacial score (nSPS) is 11.4. The van der Waals surface area contributed by atoms with E-state index in [0.717, 1.165) is 6.20 Å². The largest absolute Gasteiger partial charge is 0.481 e. The second kappa shape index (κ2) is 3.66. The zero-order chi connectivity index (χ0) is 9.90. The van der Waals surface area contributed by atoms with Crippen molar-refractivity contribution in [1.82, 2.24) is 4.98 Å². The average molecular weight is 188 g/mol. The maximum atomic E-state index is 12.9. The third kappa shape index (κ3) is 2.12. The lowest BCUT2D eigenvalue weighted by Gasteiger charge is -2.13. The summed E-state index contributed by atoms with van der Waals surface area (Å²) in [5.74, 6) is -2.71. The molecule has 1 aromatic rings. The van der Waals surface area contributed by atoms with Crippen LogP contribution in [0.25, 0.3) is 0 Å². The van der Waals surface area contributed by atoms with Crippen LogP contribution < -0.4 is 10.5 Å². The number of pyridine rings is 1. The van der Waals surface area contributed by atoms with Crippen LogP contribution in [0, 0.1) is 0 Å². The first-order valence-electron chi connectivity index (χ1n) is 3.68. The summed E-state index contributed by atoms with van der Waals surface area (Å²) in [7, 11) is 1.42. The number of nitrogens with zero attached hydrogens (tertiary/aromatic N) is 1. The first kappa shape index (κ1) is 9.85. The van der Waals surface area contributed by atoms with Gasteiger partial charge in [-0.15, -0.1) is 0 Å². The molecule has 0 atom stereocenters. The Kier molecular flexibility index (Phi) is 2.77. The molecule has 0 amide bonds. The third-order valence-electron chi connectivity index (χ3n) is 1.62. The van der Waals surface area contributed by atoms with E-state index in [1.54, 1.807) is 0 Å². The van der Waals surface area contributed by atoms with Gasteiger partial charge in [-0.2, -0.15) is 8.78 Å². The summed E-state index contributed by atoms with van der Waals surface area (Å²) in [5.41, 5.74) is 4.70. The van der Waals surface area contributed by atoms with E-state index < -0.39 is 12.5 Å². The van der Waals surface area contributed by atoms with E-state index >= 15 is 0 Å². The molecule has 0 saturated heterocycles. The predicted octanol–water partition coefficient (Wildman–Crippen LogP) is 1.14. The molecule has 13 heavy (non-hydrogen) atoms. The highest BCUT2D eigenvalue weighted by Gasteiger charge is 2.29. The van der Waals surface area contributed by atoms with Gasteiger partial charge in [0.1, 0.15) is 0 Å². The molecule has 2 N–H and O–H groups in total. The number of methoxy groups -OCH3 is 1. The van der Waals surface area contributed by atoms with Crippen molar-refractivity contribution in [3.05, 3.63) is 23.9 Å². The molecule has 1 heterocycles. The Morgan fingerprint density at radius 3 is 2.62 bits per heavy atom. The quantitative estimate of drug-likeness (QED) is 0.773. The molecule has 0 aromatic carbocycles. The molecule has 0 bridgehead atoms. The minimum atomic E-state index is -3.01. The molecule has 0 aliphatic rings. The molecule has 0 aliphatic carbocycles. The molecule has 0 fully saturated rings. The Balaban J connectivity index is 2.92. The Morgan fingerprint density at radius 2 is 2.23 bits per heavy atom. The molecule has 72 valence electrons. The molecule has 0 aliphatic heterocycles. The first-order valence-corrected chi connectivity index (χ1v) is 3.68. The van der Waals surface area contributed by atoms with Crippen molar-refractivity contribution in [2.24, 2.45) is 5.73 Å². The highest BCUT2D eigenvalue weighted by atomic mass is 19.3. The Bertz CT molecular complexity index is 274. The van der Waals surface area contributed by atoms with Crippen LogP contribution in [0.5, 0.6) is 5.88 Å². The molecule has 0 spiro atoms. The molecule has 0 radical (unpaired) electrons. The van der Waals surface area contributed by atoms with Crippen molar-refractivity contribution in [1.29, 1.82) is 0 Å². The summed E-state index contributed by atoms with van der Waals surface area (Å²) in [6.07, 6.45) is 1.06. The number of ether oxygens (including phenoxy) is 1. The summed E-state index contributed by atoms with van der Waals surface area (Å²) in [4.78, 5) is 3.65. The Morgan fingerprint density at radius 1 is 1.54 bits per heavy atom. The molecule has 0 saturated carbocycles. The maximum Gasteiger partial charge on any atom is 0.286 e. The van der Waals surface area contributed by atoms with E-state index in [9.17, 15) is 8.78 Å². The zero-order valence-corrected chi connectivity index (χ0v) is 7.13. The summed E-state index contributed by atoms with van der Waals surface area (Å²) >= 11 is 0. The number of hydrogen-bond donors (Lipinski definition) is 1. The van der Waals surface area contributed by atoms with Gasteiger partial charge in [-0.25, -0.2) is 4.98 Å². The summed E-state index contributed by atoms with van der Waals surface area (Å²) in [6, 6.07) is 2.62. The van der Waals surface area contributed by atoms with E-state index in [0.29, 0.717) is 5.88 Å². The van der Waals surface area contributed by atoms with Crippen molar-refractivity contribution in [2.75, 3.05) is 13.7 Å². The van der Waals surface area contributed by atoms with E-state index in [1.807, 2.05) is 0 Å². The average Bonchev–Trinajstić information content (AvgIpc) is 2.18. The zero-order valence-electron chi connectivity index (χ0n) is 7.13. The van der Waals surface area contributed by atoms with E-state index in [-0.39, 0.29) is 5.56 Å². The van der Waals surface area contributed by atoms with Crippen LogP contribution in [0.3, 0.4) is 0 Å². The van der Waals surface area contributed by atoms with Gasteiger partial charge in [-0.05, 0) is 6.07 Å². The van der Waals surface area contributed by atoms with Crippen LogP contribution in [0.1, 0.15) is 5.56 Å². The smallest absolute Gasteiger partial charge is 0.286 e. The number of hydrogen-bond acceptors (Lipinski definition) is 3. The van der Waals surface area contributed by atoms with Crippen LogP contribution in [0.2, 0.25) is 0 Å². The molecular formula is C8H10F2N2O. The van der Waals surface area contributed by atoms with Crippen molar-refractivity contribution in [3.8, 4) is 5.88 Å². The first-order chi connectivity index (χ1) is 6.10. The highest BCUT2D eigenvalue weighted by molar-refractivity contribution is 5.21. The van der Waals surface area contributed by atoms with Gasteiger partial charge >= 0.3 is 0 Å². The SMILES string of the molecule is COc1ccc(C(F)(F)CN)cn1. The van der Waals surface area contributed by atoms with Crippen molar-refractivity contribution >= 4 is 0 Å².